The van der Waals surface area contributed by atoms with Gasteiger partial charge in [0, 0.05) is 16.7 Å². The van der Waals surface area contributed by atoms with Crippen molar-refractivity contribution in [3.05, 3.63) is 57.0 Å². The fourth-order valence-corrected chi connectivity index (χ4v) is 2.74. The van der Waals surface area contributed by atoms with Gasteiger partial charge in [0.2, 0.25) is 0 Å². The van der Waals surface area contributed by atoms with Crippen molar-refractivity contribution in [1.82, 2.24) is 0 Å². The van der Waals surface area contributed by atoms with Crippen LogP contribution < -0.4 is 15.8 Å². The second-order valence-corrected chi connectivity index (χ2v) is 6.07. The second kappa shape index (κ2) is 7.16. The molecule has 5 heteroatoms. The molecule has 0 bridgehead atoms. The van der Waals surface area contributed by atoms with Gasteiger partial charge in [0.25, 0.3) is 0 Å². The lowest BCUT2D eigenvalue weighted by Crippen LogP contribution is -2.20. The van der Waals surface area contributed by atoms with Crippen molar-refractivity contribution in [1.29, 1.82) is 0 Å². The van der Waals surface area contributed by atoms with E-state index in [0.29, 0.717) is 17.3 Å². The fraction of sp³-hybridized carbons (Fsp3) is 0.250. The SMILES string of the molecule is COc1ccc(C(CN)Nc2cc(C)ccc2Br)cc1Cl. The van der Waals surface area contributed by atoms with Gasteiger partial charge in [-0.1, -0.05) is 23.7 Å². The molecule has 0 aliphatic carbocycles. The van der Waals surface area contributed by atoms with E-state index in [1.807, 2.05) is 24.3 Å². The molecule has 1 atom stereocenters. The zero-order valence-corrected chi connectivity index (χ0v) is 14.3. The van der Waals surface area contributed by atoms with Gasteiger partial charge in [-0.15, -0.1) is 0 Å². The average Bonchev–Trinajstić information content (AvgIpc) is 2.48. The number of benzene rings is 2. The average molecular weight is 370 g/mol. The Morgan fingerprint density at radius 1 is 1.29 bits per heavy atom. The summed E-state index contributed by atoms with van der Waals surface area (Å²) in [4.78, 5) is 0. The van der Waals surface area contributed by atoms with E-state index in [1.165, 1.54) is 5.56 Å². The van der Waals surface area contributed by atoms with E-state index in [2.05, 4.69) is 40.3 Å². The Morgan fingerprint density at radius 2 is 2.05 bits per heavy atom. The highest BCUT2D eigenvalue weighted by Gasteiger charge is 2.13. The molecule has 21 heavy (non-hydrogen) atoms. The predicted molar refractivity (Wildman–Crippen MR) is 92.3 cm³/mol. The van der Waals surface area contributed by atoms with Gasteiger partial charge in [0.05, 0.1) is 18.2 Å². The third-order valence-electron chi connectivity index (χ3n) is 3.27. The smallest absolute Gasteiger partial charge is 0.137 e. The zero-order chi connectivity index (χ0) is 15.4. The van der Waals surface area contributed by atoms with Crippen molar-refractivity contribution in [2.75, 3.05) is 19.0 Å². The summed E-state index contributed by atoms with van der Waals surface area (Å²) in [7, 11) is 1.60. The molecule has 0 aromatic heterocycles. The van der Waals surface area contributed by atoms with E-state index in [1.54, 1.807) is 7.11 Å². The molecule has 3 nitrogen and oxygen atoms in total. The minimum atomic E-state index is -0.0218. The van der Waals surface area contributed by atoms with Gasteiger partial charge in [-0.05, 0) is 58.2 Å². The van der Waals surface area contributed by atoms with Crippen LogP contribution >= 0.6 is 27.5 Å². The largest absolute Gasteiger partial charge is 0.495 e. The number of ether oxygens (including phenoxy) is 1. The van der Waals surface area contributed by atoms with Crippen LogP contribution in [0.2, 0.25) is 5.02 Å². The van der Waals surface area contributed by atoms with Crippen LogP contribution in [-0.2, 0) is 0 Å². The van der Waals surface area contributed by atoms with Crippen molar-refractivity contribution >= 4 is 33.2 Å². The molecule has 0 radical (unpaired) electrons. The van der Waals surface area contributed by atoms with Gasteiger partial charge in [-0.3, -0.25) is 0 Å². The molecule has 0 spiro atoms. The lowest BCUT2D eigenvalue weighted by Gasteiger charge is -2.20. The summed E-state index contributed by atoms with van der Waals surface area (Å²) in [5.41, 5.74) is 9.13. The number of halogens is 2. The highest BCUT2D eigenvalue weighted by Crippen LogP contribution is 2.31. The third kappa shape index (κ3) is 3.90. The topological polar surface area (TPSA) is 47.3 Å². The number of hydrogen-bond donors (Lipinski definition) is 2. The molecule has 2 aromatic rings. The molecule has 0 saturated heterocycles. The van der Waals surface area contributed by atoms with E-state index in [4.69, 9.17) is 22.1 Å². The number of rotatable bonds is 5. The quantitative estimate of drug-likeness (QED) is 0.814. The van der Waals surface area contributed by atoms with Crippen LogP contribution in [0.4, 0.5) is 5.69 Å². The van der Waals surface area contributed by atoms with Gasteiger partial charge in [0.1, 0.15) is 5.75 Å². The first-order valence-electron chi connectivity index (χ1n) is 6.61. The molecule has 2 aromatic carbocycles. The van der Waals surface area contributed by atoms with Crippen molar-refractivity contribution in [3.8, 4) is 5.75 Å². The molecule has 0 aliphatic rings. The molecule has 1 unspecified atom stereocenters. The summed E-state index contributed by atoms with van der Waals surface area (Å²) >= 11 is 9.74. The number of nitrogens with two attached hydrogens (primary N) is 1. The molecular formula is C16H18BrClN2O. The molecular weight excluding hydrogens is 352 g/mol. The Bertz CT molecular complexity index is 634. The van der Waals surface area contributed by atoms with Crippen LogP contribution in [0.1, 0.15) is 17.2 Å². The maximum atomic E-state index is 6.19. The Hall–Kier alpha value is -1.23. The molecule has 3 N–H and O–H groups in total. The van der Waals surface area contributed by atoms with Gasteiger partial charge >= 0.3 is 0 Å². The van der Waals surface area contributed by atoms with E-state index in [-0.39, 0.29) is 6.04 Å². The first kappa shape index (κ1) is 16.1. The fourth-order valence-electron chi connectivity index (χ4n) is 2.12. The Balaban J connectivity index is 2.27. The lowest BCUT2D eigenvalue weighted by atomic mass is 10.1. The number of anilines is 1. The Morgan fingerprint density at radius 3 is 2.67 bits per heavy atom. The summed E-state index contributed by atoms with van der Waals surface area (Å²) in [6.07, 6.45) is 0. The highest BCUT2D eigenvalue weighted by atomic mass is 79.9. The van der Waals surface area contributed by atoms with E-state index >= 15 is 0 Å². The first-order valence-corrected chi connectivity index (χ1v) is 7.78. The van der Waals surface area contributed by atoms with Gasteiger partial charge < -0.3 is 15.8 Å². The van der Waals surface area contributed by atoms with Crippen molar-refractivity contribution < 1.29 is 4.74 Å². The van der Waals surface area contributed by atoms with Crippen molar-refractivity contribution in [2.45, 2.75) is 13.0 Å². The van der Waals surface area contributed by atoms with Crippen molar-refractivity contribution in [2.24, 2.45) is 5.73 Å². The molecule has 112 valence electrons. The van der Waals surface area contributed by atoms with Crippen LogP contribution in [0, 0.1) is 6.92 Å². The van der Waals surface area contributed by atoms with Crippen LogP contribution in [0.5, 0.6) is 5.75 Å². The van der Waals surface area contributed by atoms with Crippen LogP contribution in [0.25, 0.3) is 0 Å². The molecule has 0 aliphatic heterocycles. The number of hydrogen-bond acceptors (Lipinski definition) is 3. The minimum absolute atomic E-state index is 0.0218. The number of aryl methyl sites for hydroxylation is 1. The summed E-state index contributed by atoms with van der Waals surface area (Å²) in [5, 5.41) is 4.03. The number of nitrogens with one attached hydrogen (secondary N) is 1. The summed E-state index contributed by atoms with van der Waals surface area (Å²) in [5.74, 6) is 0.660. The Labute approximate surface area is 138 Å². The summed E-state index contributed by atoms with van der Waals surface area (Å²) in [6, 6.07) is 11.8. The van der Waals surface area contributed by atoms with Gasteiger partial charge in [-0.2, -0.15) is 0 Å². The van der Waals surface area contributed by atoms with Crippen molar-refractivity contribution in [3.63, 3.8) is 0 Å². The standard InChI is InChI=1S/C16H18BrClN2O/c1-10-3-5-12(17)14(7-10)20-15(9-19)11-4-6-16(21-2)13(18)8-11/h3-8,15,20H,9,19H2,1-2H3. The molecule has 0 saturated carbocycles. The van der Waals surface area contributed by atoms with E-state index in [0.717, 1.165) is 15.7 Å². The highest BCUT2D eigenvalue weighted by molar-refractivity contribution is 9.10. The van der Waals surface area contributed by atoms with Crippen LogP contribution in [-0.4, -0.2) is 13.7 Å². The molecule has 0 fully saturated rings. The molecule has 0 heterocycles. The van der Waals surface area contributed by atoms with Crippen LogP contribution in [0.15, 0.2) is 40.9 Å². The summed E-state index contributed by atoms with van der Waals surface area (Å²) in [6.45, 7) is 2.52. The third-order valence-corrected chi connectivity index (χ3v) is 4.25. The summed E-state index contributed by atoms with van der Waals surface area (Å²) < 4.78 is 6.18. The molecule has 2 rings (SSSR count). The van der Waals surface area contributed by atoms with Gasteiger partial charge in [-0.25, -0.2) is 0 Å². The Kier molecular flexibility index (Phi) is 5.51. The van der Waals surface area contributed by atoms with E-state index in [9.17, 15) is 0 Å². The number of methoxy groups -OCH3 is 1. The predicted octanol–water partition coefficient (Wildman–Crippen LogP) is 4.53. The van der Waals surface area contributed by atoms with Gasteiger partial charge in [0.15, 0.2) is 0 Å². The normalized spacial score (nSPS) is 12.0. The van der Waals surface area contributed by atoms with E-state index < -0.39 is 0 Å². The second-order valence-electron chi connectivity index (χ2n) is 4.81. The maximum absolute atomic E-state index is 6.19. The lowest BCUT2D eigenvalue weighted by molar-refractivity contribution is 0.415. The zero-order valence-electron chi connectivity index (χ0n) is 12.0. The maximum Gasteiger partial charge on any atom is 0.137 e. The monoisotopic (exact) mass is 368 g/mol. The molecule has 0 amide bonds. The first-order chi connectivity index (χ1) is 10.0. The van der Waals surface area contributed by atoms with Crippen LogP contribution in [0.3, 0.4) is 0 Å². The minimum Gasteiger partial charge on any atom is -0.495 e.